The Hall–Kier alpha value is -3.41. The predicted octanol–water partition coefficient (Wildman–Crippen LogP) is 9.65. The molecule has 0 bridgehead atoms. The molecule has 7 rings (SSSR count). The molecule has 40 heavy (non-hydrogen) atoms. The molecule has 0 nitrogen and oxygen atoms in total. The summed E-state index contributed by atoms with van der Waals surface area (Å²) in [5, 5.41) is 0. The van der Waals surface area contributed by atoms with Gasteiger partial charge in [0, 0.05) is 0 Å². The molecule has 0 heterocycles. The van der Waals surface area contributed by atoms with E-state index in [1.165, 1.54) is 55.6 Å². The average Bonchev–Trinajstić information content (AvgIpc) is 3.50. The van der Waals surface area contributed by atoms with Gasteiger partial charge in [-0.1, -0.05) is 0 Å². The molecule has 0 radical (unpaired) electrons. The van der Waals surface area contributed by atoms with Crippen LogP contribution < -0.4 is 0 Å². The first-order valence-corrected chi connectivity index (χ1v) is 18.4. The van der Waals surface area contributed by atoms with E-state index in [-0.39, 0.29) is 0 Å². The van der Waals surface area contributed by atoms with Crippen LogP contribution in [0.25, 0.3) is 17.2 Å². The van der Waals surface area contributed by atoms with Crippen molar-refractivity contribution in [1.82, 2.24) is 0 Å². The zero-order chi connectivity index (χ0) is 27.4. The van der Waals surface area contributed by atoms with E-state index in [2.05, 4.69) is 149 Å². The van der Waals surface area contributed by atoms with E-state index in [0.29, 0.717) is 7.25 Å². The summed E-state index contributed by atoms with van der Waals surface area (Å²) in [6, 6.07) is 41.9. The molecule has 0 N–H and O–H groups in total. The predicted molar refractivity (Wildman–Crippen MR) is 167 cm³/mol. The van der Waals surface area contributed by atoms with Crippen molar-refractivity contribution in [2.45, 2.75) is 34.9 Å². The van der Waals surface area contributed by atoms with Gasteiger partial charge in [0.2, 0.25) is 0 Å². The van der Waals surface area contributed by atoms with Crippen LogP contribution in [0, 0.1) is 27.7 Å². The number of aryl methyl sites for hydroxylation is 4. The molecule has 0 spiro atoms. The summed E-state index contributed by atoms with van der Waals surface area (Å²) in [7, 11) is 0. The van der Waals surface area contributed by atoms with Crippen LogP contribution in [0.4, 0.5) is 0 Å². The Kier molecular flexibility index (Phi) is 6.52. The van der Waals surface area contributed by atoms with E-state index in [0.717, 1.165) is 0 Å². The van der Waals surface area contributed by atoms with Crippen molar-refractivity contribution in [3.05, 3.63) is 171 Å². The third kappa shape index (κ3) is 4.27. The molecule has 0 aromatic heterocycles. The molecule has 0 amide bonds. The van der Waals surface area contributed by atoms with E-state index >= 15 is 0 Å². The molecule has 0 saturated carbocycles. The molecule has 0 aliphatic heterocycles. The number of benzene rings is 5. The SMILES string of the molecule is Cc1ccc2c(c1)[CH]([Zr](=[C](c1ccccc1)c1ccccc1)[CH]1C=Cc3cc(C)c(C)cc31)c1cc(C)ccc1-2. The summed E-state index contributed by atoms with van der Waals surface area (Å²) in [6.45, 7) is 9.03. The van der Waals surface area contributed by atoms with Gasteiger partial charge in [0.15, 0.2) is 0 Å². The fraction of sp³-hybridized carbons (Fsp3) is 0.154. The topological polar surface area (TPSA) is 0 Å². The number of allylic oxidation sites excluding steroid dienone is 1. The van der Waals surface area contributed by atoms with Crippen LogP contribution in [0.3, 0.4) is 0 Å². The summed E-state index contributed by atoms with van der Waals surface area (Å²) in [5.74, 6) is 0. The fourth-order valence-electron chi connectivity index (χ4n) is 6.87. The number of hydrogen-bond donors (Lipinski definition) is 0. The van der Waals surface area contributed by atoms with Gasteiger partial charge in [-0.25, -0.2) is 0 Å². The van der Waals surface area contributed by atoms with Crippen LogP contribution >= 0.6 is 0 Å². The second kappa shape index (κ2) is 10.2. The molecule has 5 aromatic rings. The van der Waals surface area contributed by atoms with Crippen molar-refractivity contribution in [1.29, 1.82) is 0 Å². The van der Waals surface area contributed by atoms with Crippen LogP contribution in [0.2, 0.25) is 0 Å². The standard InChI is InChI=1S/C15H13.C13H10.C11H11.Zr/c1-10-3-5-14-12(7-10)9-13-8-11(2)4-6-15(13)14;1-3-7-12(8-4-1)11-13-9-5-2-6-10-13;1-8-6-10-4-3-5-11(10)7-9(8)2;/h3-9H,1-2H3;1-10H;3-7H,1-2H3;. The Morgan fingerprint density at radius 3 is 1.62 bits per heavy atom. The van der Waals surface area contributed by atoms with Gasteiger partial charge in [-0.15, -0.1) is 0 Å². The quantitative estimate of drug-likeness (QED) is 0.195. The first-order chi connectivity index (χ1) is 19.5. The maximum atomic E-state index is 2.58. The van der Waals surface area contributed by atoms with Gasteiger partial charge in [0.05, 0.1) is 0 Å². The number of rotatable bonds is 4. The molecule has 0 saturated heterocycles. The molecule has 1 heteroatoms. The third-order valence-corrected chi connectivity index (χ3v) is 17.7. The summed E-state index contributed by atoms with van der Waals surface area (Å²) in [6.07, 6.45) is 5.00. The van der Waals surface area contributed by atoms with Crippen molar-refractivity contribution in [3.63, 3.8) is 0 Å². The van der Waals surface area contributed by atoms with Crippen LogP contribution in [-0.4, -0.2) is 3.21 Å². The van der Waals surface area contributed by atoms with Crippen molar-refractivity contribution < 1.29 is 21.3 Å². The Morgan fingerprint density at radius 1 is 0.550 bits per heavy atom. The summed E-state index contributed by atoms with van der Waals surface area (Å²) < 4.78 is 2.51. The van der Waals surface area contributed by atoms with Gasteiger partial charge in [0.1, 0.15) is 0 Å². The Balaban J connectivity index is 1.62. The molecular weight excluding hydrogens is 560 g/mol. The zero-order valence-corrected chi connectivity index (χ0v) is 26.2. The minimum absolute atomic E-state index is 0.435. The molecule has 1 atom stereocenters. The van der Waals surface area contributed by atoms with Crippen LogP contribution in [0.15, 0.2) is 115 Å². The van der Waals surface area contributed by atoms with Gasteiger partial charge in [-0.05, 0) is 0 Å². The third-order valence-electron chi connectivity index (χ3n) is 8.89. The van der Waals surface area contributed by atoms with E-state index in [9.17, 15) is 0 Å². The minimum atomic E-state index is -2.73. The van der Waals surface area contributed by atoms with Crippen molar-refractivity contribution in [2.24, 2.45) is 0 Å². The molecule has 194 valence electrons. The fourth-order valence-corrected chi connectivity index (χ4v) is 16.7. The summed E-state index contributed by atoms with van der Waals surface area (Å²) in [5.41, 5.74) is 17.2. The molecule has 2 aliphatic rings. The van der Waals surface area contributed by atoms with Gasteiger partial charge in [0.25, 0.3) is 0 Å². The first-order valence-electron chi connectivity index (χ1n) is 14.4. The van der Waals surface area contributed by atoms with Crippen LogP contribution in [0.5, 0.6) is 0 Å². The number of fused-ring (bicyclic) bond motifs is 4. The van der Waals surface area contributed by atoms with Crippen LogP contribution in [0.1, 0.15) is 62.9 Å². The van der Waals surface area contributed by atoms with E-state index in [1.807, 2.05) is 0 Å². The second-order valence-corrected chi connectivity index (χ2v) is 18.0. The number of hydrogen-bond acceptors (Lipinski definition) is 0. The van der Waals surface area contributed by atoms with Gasteiger partial charge in [-0.2, -0.15) is 0 Å². The summed E-state index contributed by atoms with van der Waals surface area (Å²) >= 11 is -2.73. The normalized spacial score (nSPS) is 15.1. The maximum absolute atomic E-state index is 2.73. The second-order valence-electron chi connectivity index (χ2n) is 11.6. The van der Waals surface area contributed by atoms with Gasteiger partial charge in [-0.3, -0.25) is 0 Å². The van der Waals surface area contributed by atoms with Gasteiger partial charge < -0.3 is 0 Å². The van der Waals surface area contributed by atoms with Gasteiger partial charge >= 0.3 is 248 Å². The first kappa shape index (κ1) is 25.6. The van der Waals surface area contributed by atoms with Crippen molar-refractivity contribution >= 4 is 9.28 Å². The Morgan fingerprint density at radius 2 is 1.07 bits per heavy atom. The van der Waals surface area contributed by atoms with Crippen LogP contribution in [-0.2, 0) is 21.3 Å². The Labute approximate surface area is 246 Å². The Bertz CT molecular complexity index is 1730. The summed E-state index contributed by atoms with van der Waals surface area (Å²) in [4.78, 5) is 0. The average molecular weight is 594 g/mol. The van der Waals surface area contributed by atoms with E-state index < -0.39 is 21.3 Å². The molecule has 1 unspecified atom stereocenters. The zero-order valence-electron chi connectivity index (χ0n) is 23.7. The van der Waals surface area contributed by atoms with Crippen molar-refractivity contribution in [2.75, 3.05) is 0 Å². The molecule has 2 aliphatic carbocycles. The molecule has 0 fully saturated rings. The van der Waals surface area contributed by atoms with Crippen molar-refractivity contribution in [3.8, 4) is 11.1 Å². The molecular formula is C39H34Zr. The van der Waals surface area contributed by atoms with E-state index in [4.69, 9.17) is 0 Å². The monoisotopic (exact) mass is 592 g/mol. The molecule has 5 aromatic carbocycles. The van der Waals surface area contributed by atoms with E-state index in [1.54, 1.807) is 14.3 Å².